The van der Waals surface area contributed by atoms with E-state index in [0.717, 1.165) is 11.1 Å². The Morgan fingerprint density at radius 3 is 2.76 bits per heavy atom. The highest BCUT2D eigenvalue weighted by molar-refractivity contribution is 6.12. The van der Waals surface area contributed by atoms with E-state index >= 15 is 0 Å². The van der Waals surface area contributed by atoms with E-state index < -0.39 is 0 Å². The van der Waals surface area contributed by atoms with Gasteiger partial charge in [-0.05, 0) is 23.6 Å². The number of rotatable bonds is 5. The normalized spacial score (nSPS) is 16.9. The number of fused-ring (bicyclic) bond motifs is 5. The van der Waals surface area contributed by atoms with Gasteiger partial charge in [-0.2, -0.15) is 4.79 Å². The molecule has 1 aromatic carbocycles. The van der Waals surface area contributed by atoms with Gasteiger partial charge in [-0.3, -0.25) is 4.79 Å². The van der Waals surface area contributed by atoms with Gasteiger partial charge in [0.1, 0.15) is 0 Å². The molecule has 6 heteroatoms. The fourth-order valence-corrected chi connectivity index (χ4v) is 3.14. The molecule has 0 radical (unpaired) electrons. The fourth-order valence-electron chi connectivity index (χ4n) is 3.14. The summed E-state index contributed by atoms with van der Waals surface area (Å²) in [6.07, 6.45) is 8.31. The van der Waals surface area contributed by atoms with E-state index in [1.54, 1.807) is 0 Å². The van der Waals surface area contributed by atoms with Crippen molar-refractivity contribution >= 4 is 35.6 Å². The van der Waals surface area contributed by atoms with E-state index in [1.807, 2.05) is 48.6 Å². The van der Waals surface area contributed by atoms with Crippen molar-refractivity contribution in [2.75, 3.05) is 0 Å². The third-order valence-electron chi connectivity index (χ3n) is 4.35. The summed E-state index contributed by atoms with van der Waals surface area (Å²) in [5.74, 6) is -0.358. The SMILES string of the molecule is [N-]=[N+]=CCCC1C(=O)c2c(c3nnc2o3)C=C1C=Cc1ccccc1. The molecule has 25 heavy (non-hydrogen) atoms. The molecular formula is C19H14N4O2. The monoisotopic (exact) mass is 330 g/mol. The Bertz CT molecular complexity index is 1030. The second kappa shape index (κ2) is 6.26. The highest BCUT2D eigenvalue weighted by Gasteiger charge is 2.35. The molecule has 0 fully saturated rings. The number of carbonyl (C=O) groups is 1. The molecule has 1 aliphatic carbocycles. The topological polar surface area (TPSA) is 92.4 Å². The Labute approximate surface area is 143 Å². The van der Waals surface area contributed by atoms with Gasteiger partial charge in [0.2, 0.25) is 5.71 Å². The predicted octanol–water partition coefficient (Wildman–Crippen LogP) is 3.65. The summed E-state index contributed by atoms with van der Waals surface area (Å²) in [4.78, 5) is 16.0. The first-order valence-electron chi connectivity index (χ1n) is 8.01. The van der Waals surface area contributed by atoms with Crippen molar-refractivity contribution in [1.29, 1.82) is 0 Å². The summed E-state index contributed by atoms with van der Waals surface area (Å²) in [5.41, 5.74) is 12.4. The molecular weight excluding hydrogens is 316 g/mol. The lowest BCUT2D eigenvalue weighted by atomic mass is 9.80. The van der Waals surface area contributed by atoms with Crippen molar-refractivity contribution in [3.63, 3.8) is 0 Å². The summed E-state index contributed by atoms with van der Waals surface area (Å²) >= 11 is 0. The van der Waals surface area contributed by atoms with Crippen LogP contribution in [0.3, 0.4) is 0 Å². The number of nitrogens with zero attached hydrogens (tertiary/aromatic N) is 4. The van der Waals surface area contributed by atoms with E-state index in [2.05, 4.69) is 15.0 Å². The third kappa shape index (κ3) is 2.69. The lowest BCUT2D eigenvalue weighted by molar-refractivity contribution is 0.000630. The quantitative estimate of drug-likeness (QED) is 0.405. The molecule has 0 amide bonds. The molecule has 2 heterocycles. The van der Waals surface area contributed by atoms with Gasteiger partial charge in [-0.25, -0.2) is 0 Å². The van der Waals surface area contributed by atoms with Gasteiger partial charge in [0.05, 0.1) is 11.1 Å². The zero-order valence-electron chi connectivity index (χ0n) is 13.3. The number of benzene rings is 1. The van der Waals surface area contributed by atoms with Crippen LogP contribution in [0.4, 0.5) is 0 Å². The van der Waals surface area contributed by atoms with Gasteiger partial charge >= 0.3 is 0 Å². The number of allylic oxidation sites excluding steroid dienone is 2. The molecule has 0 saturated carbocycles. The number of hydrogen-bond donors (Lipinski definition) is 0. The van der Waals surface area contributed by atoms with Crippen molar-refractivity contribution in [3.8, 4) is 0 Å². The zero-order chi connectivity index (χ0) is 17.2. The Balaban J connectivity index is 1.73. The summed E-state index contributed by atoms with van der Waals surface area (Å²) < 4.78 is 5.44. The molecule has 2 aromatic heterocycles. The first-order valence-corrected chi connectivity index (χ1v) is 8.01. The van der Waals surface area contributed by atoms with Crippen LogP contribution in [0, 0.1) is 5.92 Å². The maximum absolute atomic E-state index is 13.0. The smallest absolute Gasteiger partial charge is 0.257 e. The van der Waals surface area contributed by atoms with Gasteiger partial charge in [0, 0.05) is 12.3 Å². The minimum Gasteiger partial charge on any atom is -0.416 e. The zero-order valence-corrected chi connectivity index (χ0v) is 13.3. The van der Waals surface area contributed by atoms with Crippen LogP contribution in [-0.4, -0.2) is 27.0 Å². The second-order valence-corrected chi connectivity index (χ2v) is 5.88. The van der Waals surface area contributed by atoms with Crippen molar-refractivity contribution in [2.24, 2.45) is 5.92 Å². The molecule has 0 N–H and O–H groups in total. The number of furan rings is 1. The van der Waals surface area contributed by atoms with Gasteiger partial charge in [-0.15, -0.1) is 10.2 Å². The van der Waals surface area contributed by atoms with Crippen LogP contribution in [0.25, 0.3) is 29.1 Å². The van der Waals surface area contributed by atoms with Crippen molar-refractivity contribution in [2.45, 2.75) is 12.8 Å². The van der Waals surface area contributed by atoms with E-state index in [0.29, 0.717) is 29.7 Å². The summed E-state index contributed by atoms with van der Waals surface area (Å²) in [6.45, 7) is 0. The molecule has 0 saturated heterocycles. The standard InChI is InChI=1S/C19H14N4O2/c20-21-10-4-7-14-13(9-8-12-5-2-1-3-6-12)11-15-16(17(14)24)19-23-22-18(15)25-19/h1-3,5-6,8-11,14H,4,7H2. The van der Waals surface area contributed by atoms with E-state index in [1.165, 1.54) is 6.21 Å². The Morgan fingerprint density at radius 1 is 1.16 bits per heavy atom. The van der Waals surface area contributed by atoms with Gasteiger partial charge in [0.25, 0.3) is 11.9 Å². The first-order chi connectivity index (χ1) is 12.3. The average Bonchev–Trinajstić information content (AvgIpc) is 3.25. The largest absolute Gasteiger partial charge is 0.416 e. The van der Waals surface area contributed by atoms with Crippen molar-refractivity contribution in [3.05, 3.63) is 64.2 Å². The maximum atomic E-state index is 13.0. The molecule has 1 unspecified atom stereocenters. The predicted molar refractivity (Wildman–Crippen MR) is 93.2 cm³/mol. The lowest BCUT2D eigenvalue weighted by Crippen LogP contribution is -2.21. The van der Waals surface area contributed by atoms with Crippen molar-refractivity contribution in [1.82, 2.24) is 10.2 Å². The second-order valence-electron chi connectivity index (χ2n) is 5.88. The molecule has 3 aromatic rings. The number of carbonyl (C=O) groups excluding carboxylic acids is 1. The van der Waals surface area contributed by atoms with Crippen LogP contribution in [0.2, 0.25) is 0 Å². The molecule has 6 nitrogen and oxygen atoms in total. The van der Waals surface area contributed by atoms with E-state index in [-0.39, 0.29) is 17.4 Å². The Kier molecular flexibility index (Phi) is 3.80. The number of hydrogen-bond acceptors (Lipinski definition) is 4. The van der Waals surface area contributed by atoms with Crippen LogP contribution in [0.15, 0.2) is 46.4 Å². The third-order valence-corrected chi connectivity index (χ3v) is 4.35. The van der Waals surface area contributed by atoms with Gasteiger partial charge in [0.15, 0.2) is 5.78 Å². The minimum atomic E-state index is -0.331. The number of aromatic nitrogens is 2. The van der Waals surface area contributed by atoms with E-state index in [4.69, 9.17) is 9.95 Å². The summed E-state index contributed by atoms with van der Waals surface area (Å²) in [6, 6.07) is 9.89. The van der Waals surface area contributed by atoms with Gasteiger partial charge in [-0.1, -0.05) is 42.5 Å². The molecule has 1 atom stereocenters. The molecule has 2 bridgehead atoms. The van der Waals surface area contributed by atoms with Gasteiger partial charge < -0.3 is 9.95 Å². The maximum Gasteiger partial charge on any atom is 0.257 e. The minimum absolute atomic E-state index is 0.0276. The number of Topliss-reactive ketones (excluding diaryl/α,β-unsaturated/α-hetero) is 1. The number of ketones is 1. The molecule has 4 rings (SSSR count). The molecule has 122 valence electrons. The summed E-state index contributed by atoms with van der Waals surface area (Å²) in [5, 5.41) is 7.80. The highest BCUT2D eigenvalue weighted by atomic mass is 16.4. The van der Waals surface area contributed by atoms with Crippen LogP contribution in [0.5, 0.6) is 0 Å². The lowest BCUT2D eigenvalue weighted by Gasteiger charge is -2.20. The summed E-state index contributed by atoms with van der Waals surface area (Å²) in [7, 11) is 0. The Morgan fingerprint density at radius 2 is 1.96 bits per heavy atom. The highest BCUT2D eigenvalue weighted by Crippen LogP contribution is 2.37. The molecule has 0 aliphatic heterocycles. The molecule has 1 aliphatic rings. The van der Waals surface area contributed by atoms with Crippen LogP contribution in [-0.2, 0) is 0 Å². The van der Waals surface area contributed by atoms with Crippen LogP contribution < -0.4 is 0 Å². The Hall–Kier alpha value is -3.37. The first kappa shape index (κ1) is 15.2. The van der Waals surface area contributed by atoms with Crippen molar-refractivity contribution < 1.29 is 14.0 Å². The molecule has 0 spiro atoms. The average molecular weight is 330 g/mol. The van der Waals surface area contributed by atoms with Crippen LogP contribution >= 0.6 is 0 Å². The van der Waals surface area contributed by atoms with E-state index in [9.17, 15) is 4.79 Å². The fraction of sp³-hybridized carbons (Fsp3) is 0.158. The van der Waals surface area contributed by atoms with Crippen LogP contribution in [0.1, 0.15) is 34.3 Å².